The highest BCUT2D eigenvalue weighted by atomic mass is 79.9. The van der Waals surface area contributed by atoms with E-state index in [-0.39, 0.29) is 25.1 Å². The van der Waals surface area contributed by atoms with E-state index in [4.69, 9.17) is 15.2 Å². The van der Waals surface area contributed by atoms with Crippen LogP contribution in [0.1, 0.15) is 25.5 Å². The summed E-state index contributed by atoms with van der Waals surface area (Å²) in [6, 6.07) is 3.35. The van der Waals surface area contributed by atoms with Crippen LogP contribution in [0.15, 0.2) is 16.6 Å². The number of ether oxygens (including phenoxy) is 2. The molecule has 0 unspecified atom stereocenters. The molecule has 0 heterocycles. The molecule has 110 valence electrons. The number of rotatable bonds is 5. The van der Waals surface area contributed by atoms with Crippen LogP contribution in [0.5, 0.6) is 11.5 Å². The Kier molecular flexibility index (Phi) is 7.15. The average molecular weight is 355 g/mol. The van der Waals surface area contributed by atoms with E-state index >= 15 is 0 Å². The fourth-order valence-electron chi connectivity index (χ4n) is 1.63. The maximum Gasteiger partial charge on any atom is 0.161 e. The van der Waals surface area contributed by atoms with Crippen molar-refractivity contribution in [2.75, 3.05) is 20.8 Å². The van der Waals surface area contributed by atoms with Gasteiger partial charge in [0.25, 0.3) is 0 Å². The van der Waals surface area contributed by atoms with E-state index in [1.54, 1.807) is 14.2 Å². The lowest BCUT2D eigenvalue weighted by Crippen LogP contribution is -2.32. The van der Waals surface area contributed by atoms with Crippen LogP contribution < -0.4 is 15.2 Å². The van der Waals surface area contributed by atoms with Crippen molar-refractivity contribution in [2.45, 2.75) is 19.9 Å². The third-order valence-electron chi connectivity index (χ3n) is 3.09. The van der Waals surface area contributed by atoms with E-state index in [0.717, 1.165) is 10.0 Å². The van der Waals surface area contributed by atoms with Crippen LogP contribution in [0, 0.1) is 5.41 Å². The quantitative estimate of drug-likeness (QED) is 0.853. The third kappa shape index (κ3) is 3.99. The topological polar surface area (TPSA) is 64.7 Å². The molecule has 3 N–H and O–H groups in total. The van der Waals surface area contributed by atoms with E-state index < -0.39 is 5.41 Å². The number of aliphatic hydroxyl groups is 1. The summed E-state index contributed by atoms with van der Waals surface area (Å²) in [6.07, 6.45) is 0. The number of methoxy groups -OCH3 is 2. The Labute approximate surface area is 128 Å². The summed E-state index contributed by atoms with van der Waals surface area (Å²) in [5, 5.41) is 9.39. The van der Waals surface area contributed by atoms with Gasteiger partial charge in [0, 0.05) is 22.5 Å². The number of aliphatic hydroxyl groups excluding tert-OH is 1. The zero-order valence-corrected chi connectivity index (χ0v) is 14.0. The molecule has 0 aromatic heterocycles. The standard InChI is InChI=1S/C13H20BrNO3.ClH/c1-13(2,7-16)12(15)8-5-10(17-3)11(18-4)6-9(8)14;/h5-6,12,16H,7,15H2,1-4H3;1H/t12-;/m1./s1. The maximum atomic E-state index is 9.39. The Morgan fingerprint density at radius 3 is 2.16 bits per heavy atom. The molecule has 0 radical (unpaired) electrons. The lowest BCUT2D eigenvalue weighted by Gasteiger charge is -2.30. The molecule has 1 rings (SSSR count). The molecule has 0 fully saturated rings. The van der Waals surface area contributed by atoms with Crippen molar-refractivity contribution >= 4 is 28.3 Å². The zero-order chi connectivity index (χ0) is 13.9. The minimum atomic E-state index is -0.415. The van der Waals surface area contributed by atoms with Gasteiger partial charge >= 0.3 is 0 Å². The van der Waals surface area contributed by atoms with Crippen LogP contribution in [0.4, 0.5) is 0 Å². The summed E-state index contributed by atoms with van der Waals surface area (Å²) in [4.78, 5) is 0. The highest BCUT2D eigenvalue weighted by Crippen LogP contribution is 2.40. The molecule has 19 heavy (non-hydrogen) atoms. The molecule has 1 aromatic carbocycles. The maximum absolute atomic E-state index is 9.39. The van der Waals surface area contributed by atoms with Crippen molar-refractivity contribution in [2.24, 2.45) is 11.1 Å². The van der Waals surface area contributed by atoms with Gasteiger partial charge in [0.2, 0.25) is 0 Å². The molecule has 0 saturated carbocycles. The van der Waals surface area contributed by atoms with Crippen LogP contribution in [0.25, 0.3) is 0 Å². The van der Waals surface area contributed by atoms with Crippen molar-refractivity contribution in [3.05, 3.63) is 22.2 Å². The SMILES string of the molecule is COc1cc(Br)c([C@@H](N)C(C)(C)CO)cc1OC.Cl. The molecule has 0 aliphatic heterocycles. The van der Waals surface area contributed by atoms with Crippen LogP contribution in [-0.2, 0) is 0 Å². The van der Waals surface area contributed by atoms with E-state index in [1.165, 1.54) is 0 Å². The van der Waals surface area contributed by atoms with Gasteiger partial charge in [0.1, 0.15) is 0 Å². The molecule has 6 heteroatoms. The molecule has 4 nitrogen and oxygen atoms in total. The Morgan fingerprint density at radius 2 is 1.74 bits per heavy atom. The number of benzene rings is 1. The minimum Gasteiger partial charge on any atom is -0.493 e. The second-order valence-corrected chi connectivity index (χ2v) is 5.71. The van der Waals surface area contributed by atoms with E-state index in [1.807, 2.05) is 26.0 Å². The predicted octanol–water partition coefficient (Wildman–Crippen LogP) is 2.91. The van der Waals surface area contributed by atoms with Crippen molar-refractivity contribution in [3.8, 4) is 11.5 Å². The Hall–Kier alpha value is -0.490. The van der Waals surface area contributed by atoms with Crippen LogP contribution in [0.3, 0.4) is 0 Å². The van der Waals surface area contributed by atoms with Gasteiger partial charge in [0.05, 0.1) is 14.2 Å². The summed E-state index contributed by atoms with van der Waals surface area (Å²) in [7, 11) is 3.17. The first-order valence-corrected chi connectivity index (χ1v) is 6.44. The monoisotopic (exact) mass is 353 g/mol. The Balaban J connectivity index is 0.00000324. The van der Waals surface area contributed by atoms with Gasteiger partial charge in [-0.1, -0.05) is 29.8 Å². The molecular weight excluding hydrogens is 334 g/mol. The van der Waals surface area contributed by atoms with Crippen molar-refractivity contribution in [1.29, 1.82) is 0 Å². The fraction of sp³-hybridized carbons (Fsp3) is 0.538. The van der Waals surface area contributed by atoms with Gasteiger partial charge in [-0.2, -0.15) is 0 Å². The minimum absolute atomic E-state index is 0. The number of nitrogens with two attached hydrogens (primary N) is 1. The first-order chi connectivity index (χ1) is 8.37. The van der Waals surface area contributed by atoms with Crippen LogP contribution in [0.2, 0.25) is 0 Å². The molecule has 1 atom stereocenters. The highest BCUT2D eigenvalue weighted by molar-refractivity contribution is 9.10. The summed E-state index contributed by atoms with van der Waals surface area (Å²) in [5.74, 6) is 1.27. The lowest BCUT2D eigenvalue weighted by atomic mass is 9.82. The van der Waals surface area contributed by atoms with Gasteiger partial charge in [-0.15, -0.1) is 12.4 Å². The molecule has 1 aromatic rings. The van der Waals surface area contributed by atoms with Gasteiger partial charge in [0.15, 0.2) is 11.5 Å². The Morgan fingerprint density at radius 1 is 1.26 bits per heavy atom. The van der Waals surface area contributed by atoms with Crippen molar-refractivity contribution in [3.63, 3.8) is 0 Å². The van der Waals surface area contributed by atoms with Crippen molar-refractivity contribution < 1.29 is 14.6 Å². The van der Waals surface area contributed by atoms with E-state index in [0.29, 0.717) is 11.5 Å². The normalized spacial score (nSPS) is 12.6. The molecular formula is C13H21BrClNO3. The van der Waals surface area contributed by atoms with E-state index in [2.05, 4.69) is 15.9 Å². The fourth-order valence-corrected chi connectivity index (χ4v) is 2.20. The van der Waals surface area contributed by atoms with Crippen molar-refractivity contribution in [1.82, 2.24) is 0 Å². The summed E-state index contributed by atoms with van der Waals surface area (Å²) in [5.41, 5.74) is 6.68. The molecule has 0 saturated heterocycles. The molecule has 0 aliphatic carbocycles. The van der Waals surface area contributed by atoms with Crippen LogP contribution >= 0.6 is 28.3 Å². The van der Waals surface area contributed by atoms with Gasteiger partial charge < -0.3 is 20.3 Å². The number of hydrogen-bond acceptors (Lipinski definition) is 4. The summed E-state index contributed by atoms with van der Waals surface area (Å²) in [6.45, 7) is 3.84. The predicted molar refractivity (Wildman–Crippen MR) is 82.3 cm³/mol. The molecule has 0 spiro atoms. The lowest BCUT2D eigenvalue weighted by molar-refractivity contribution is 0.132. The average Bonchev–Trinajstić information content (AvgIpc) is 2.37. The number of hydrogen-bond donors (Lipinski definition) is 2. The summed E-state index contributed by atoms with van der Waals surface area (Å²) >= 11 is 3.48. The second-order valence-electron chi connectivity index (χ2n) is 4.85. The van der Waals surface area contributed by atoms with Gasteiger partial charge in [-0.3, -0.25) is 0 Å². The zero-order valence-electron chi connectivity index (χ0n) is 11.6. The highest BCUT2D eigenvalue weighted by Gasteiger charge is 2.29. The first-order valence-electron chi connectivity index (χ1n) is 5.65. The van der Waals surface area contributed by atoms with E-state index in [9.17, 15) is 5.11 Å². The molecule has 0 bridgehead atoms. The third-order valence-corrected chi connectivity index (χ3v) is 3.77. The van der Waals surface area contributed by atoms with Gasteiger partial charge in [-0.05, 0) is 17.7 Å². The number of halogens is 2. The largest absolute Gasteiger partial charge is 0.493 e. The Bertz CT molecular complexity index is 427. The van der Waals surface area contributed by atoms with Crippen LogP contribution in [-0.4, -0.2) is 25.9 Å². The second kappa shape index (κ2) is 7.33. The summed E-state index contributed by atoms with van der Waals surface area (Å²) < 4.78 is 11.3. The first kappa shape index (κ1) is 18.5. The smallest absolute Gasteiger partial charge is 0.161 e. The molecule has 0 amide bonds. The van der Waals surface area contributed by atoms with Gasteiger partial charge in [-0.25, -0.2) is 0 Å². The molecule has 0 aliphatic rings.